The fourth-order valence-electron chi connectivity index (χ4n) is 4.53. The summed E-state index contributed by atoms with van der Waals surface area (Å²) < 4.78 is 0. The quantitative estimate of drug-likeness (QED) is 0.803. The Balaban J connectivity index is 1.72. The number of fused-ring (bicyclic) bond motifs is 2. The van der Waals surface area contributed by atoms with Crippen molar-refractivity contribution in [2.24, 2.45) is 5.92 Å². The first kappa shape index (κ1) is 11.8. The van der Waals surface area contributed by atoms with Crippen molar-refractivity contribution in [3.8, 4) is 0 Å². The predicted octanol–water partition coefficient (Wildman–Crippen LogP) is 2.88. The Morgan fingerprint density at radius 2 is 2.16 bits per heavy atom. The van der Waals surface area contributed by atoms with Crippen LogP contribution in [-0.4, -0.2) is 37.6 Å². The number of nitrogens with zero attached hydrogens (tertiary/aromatic N) is 2. The van der Waals surface area contributed by atoms with Crippen molar-refractivity contribution in [1.29, 1.82) is 0 Å². The molecule has 0 amide bonds. The number of benzene rings is 1. The van der Waals surface area contributed by atoms with Crippen LogP contribution in [0.15, 0.2) is 18.2 Å². The van der Waals surface area contributed by atoms with Crippen LogP contribution >= 0.6 is 0 Å². The van der Waals surface area contributed by atoms with Gasteiger partial charge in [-0.15, -0.1) is 0 Å². The van der Waals surface area contributed by atoms with Gasteiger partial charge in [0.2, 0.25) is 0 Å². The summed E-state index contributed by atoms with van der Waals surface area (Å²) >= 11 is 0. The topological polar surface area (TPSA) is 6.48 Å². The number of hydrogen-bond donors (Lipinski definition) is 0. The third-order valence-corrected chi connectivity index (χ3v) is 5.25. The Hall–Kier alpha value is -1.02. The number of para-hydroxylation sites is 1. The van der Waals surface area contributed by atoms with Crippen molar-refractivity contribution in [2.45, 2.75) is 32.1 Å². The minimum atomic E-state index is 0.802. The number of likely N-dealkylation sites (tertiary alicyclic amines) is 1. The molecule has 3 aliphatic heterocycles. The first-order chi connectivity index (χ1) is 9.36. The second-order valence-electron chi connectivity index (χ2n) is 6.53. The fourth-order valence-corrected chi connectivity index (χ4v) is 4.53. The zero-order valence-corrected chi connectivity index (χ0v) is 11.9. The van der Waals surface area contributed by atoms with Crippen molar-refractivity contribution in [1.82, 2.24) is 4.90 Å². The molecule has 19 heavy (non-hydrogen) atoms. The van der Waals surface area contributed by atoms with Gasteiger partial charge in [0.1, 0.15) is 0 Å². The maximum atomic E-state index is 2.69. The lowest BCUT2D eigenvalue weighted by molar-refractivity contribution is 0.325. The SMILES string of the molecule is CCCN1C[C@H]2CN3CCCc4cccc(c43)[C@H]2C1. The highest BCUT2D eigenvalue weighted by molar-refractivity contribution is 5.64. The van der Waals surface area contributed by atoms with E-state index in [1.54, 1.807) is 16.8 Å². The predicted molar refractivity (Wildman–Crippen MR) is 79.9 cm³/mol. The van der Waals surface area contributed by atoms with E-state index in [-0.39, 0.29) is 0 Å². The van der Waals surface area contributed by atoms with Crippen molar-refractivity contribution in [3.63, 3.8) is 0 Å². The molecule has 2 heteroatoms. The van der Waals surface area contributed by atoms with Crippen LogP contribution in [0.2, 0.25) is 0 Å². The van der Waals surface area contributed by atoms with Crippen LogP contribution in [0, 0.1) is 5.92 Å². The number of rotatable bonds is 2. The lowest BCUT2D eigenvalue weighted by Crippen LogP contribution is -2.40. The van der Waals surface area contributed by atoms with Gasteiger partial charge in [0.15, 0.2) is 0 Å². The zero-order valence-electron chi connectivity index (χ0n) is 11.9. The second kappa shape index (κ2) is 4.52. The molecule has 2 atom stereocenters. The molecule has 0 aromatic heterocycles. The Morgan fingerprint density at radius 3 is 3.05 bits per heavy atom. The molecule has 0 bridgehead atoms. The number of aryl methyl sites for hydroxylation is 1. The lowest BCUT2D eigenvalue weighted by atomic mass is 9.80. The Kier molecular flexibility index (Phi) is 2.80. The van der Waals surface area contributed by atoms with Gasteiger partial charge in [-0.25, -0.2) is 0 Å². The van der Waals surface area contributed by atoms with Crippen LogP contribution in [0.5, 0.6) is 0 Å². The van der Waals surface area contributed by atoms with Crippen LogP contribution < -0.4 is 4.90 Å². The molecule has 102 valence electrons. The van der Waals surface area contributed by atoms with Gasteiger partial charge >= 0.3 is 0 Å². The third-order valence-electron chi connectivity index (χ3n) is 5.25. The maximum absolute atomic E-state index is 2.69. The number of hydrogen-bond acceptors (Lipinski definition) is 2. The van der Waals surface area contributed by atoms with Gasteiger partial charge in [0.05, 0.1) is 0 Å². The molecule has 0 radical (unpaired) electrons. The summed E-state index contributed by atoms with van der Waals surface area (Å²) in [6.45, 7) is 8.77. The van der Waals surface area contributed by atoms with E-state index < -0.39 is 0 Å². The lowest BCUT2D eigenvalue weighted by Gasteiger charge is -2.41. The smallest absolute Gasteiger partial charge is 0.0434 e. The molecule has 1 aromatic rings. The zero-order chi connectivity index (χ0) is 12.8. The minimum absolute atomic E-state index is 0.802. The van der Waals surface area contributed by atoms with Crippen LogP contribution in [0.25, 0.3) is 0 Å². The van der Waals surface area contributed by atoms with E-state index in [0.717, 1.165) is 11.8 Å². The van der Waals surface area contributed by atoms with E-state index in [1.165, 1.54) is 52.0 Å². The summed E-state index contributed by atoms with van der Waals surface area (Å²) in [7, 11) is 0. The normalized spacial score (nSPS) is 29.2. The molecule has 0 unspecified atom stereocenters. The fraction of sp³-hybridized carbons (Fsp3) is 0.647. The molecule has 1 aromatic carbocycles. The van der Waals surface area contributed by atoms with Crippen molar-refractivity contribution >= 4 is 5.69 Å². The van der Waals surface area contributed by atoms with Crippen molar-refractivity contribution in [2.75, 3.05) is 37.6 Å². The Labute approximate surface area is 116 Å². The summed E-state index contributed by atoms with van der Waals surface area (Å²) in [5, 5.41) is 0. The monoisotopic (exact) mass is 256 g/mol. The molecule has 3 aliphatic rings. The number of anilines is 1. The largest absolute Gasteiger partial charge is 0.371 e. The average molecular weight is 256 g/mol. The molecule has 1 saturated heterocycles. The molecule has 3 heterocycles. The minimum Gasteiger partial charge on any atom is -0.371 e. The molecule has 1 fully saturated rings. The van der Waals surface area contributed by atoms with Gasteiger partial charge in [-0.05, 0) is 42.9 Å². The van der Waals surface area contributed by atoms with Crippen LogP contribution in [0.1, 0.15) is 36.8 Å². The van der Waals surface area contributed by atoms with Crippen molar-refractivity contribution in [3.05, 3.63) is 29.3 Å². The van der Waals surface area contributed by atoms with E-state index in [4.69, 9.17) is 0 Å². The van der Waals surface area contributed by atoms with Crippen LogP contribution in [-0.2, 0) is 6.42 Å². The molecule has 0 N–H and O–H groups in total. The van der Waals surface area contributed by atoms with E-state index in [0.29, 0.717) is 0 Å². The Morgan fingerprint density at radius 1 is 1.21 bits per heavy atom. The van der Waals surface area contributed by atoms with Gasteiger partial charge in [-0.1, -0.05) is 25.1 Å². The first-order valence-electron chi connectivity index (χ1n) is 7.96. The molecule has 0 spiro atoms. The third kappa shape index (κ3) is 1.80. The van der Waals surface area contributed by atoms with Gasteiger partial charge < -0.3 is 9.80 Å². The highest BCUT2D eigenvalue weighted by atomic mass is 15.2. The van der Waals surface area contributed by atoms with Crippen LogP contribution in [0.4, 0.5) is 5.69 Å². The summed E-state index contributed by atoms with van der Waals surface area (Å²) in [5.74, 6) is 1.67. The van der Waals surface area contributed by atoms with E-state index >= 15 is 0 Å². The molecule has 0 aliphatic carbocycles. The summed E-state index contributed by atoms with van der Waals surface area (Å²) in [5.41, 5.74) is 4.89. The standard InChI is InChI=1S/C17H24N2/c1-2-8-18-10-14-11-19-9-4-6-13-5-3-7-15(17(13)19)16(14)12-18/h3,5,7,14,16H,2,4,6,8-12H2,1H3/t14-,16-/m0/s1. The Bertz CT molecular complexity index is 482. The molecule has 4 rings (SSSR count). The van der Waals surface area contributed by atoms with E-state index in [9.17, 15) is 0 Å². The average Bonchev–Trinajstić information content (AvgIpc) is 2.83. The first-order valence-corrected chi connectivity index (χ1v) is 7.96. The van der Waals surface area contributed by atoms with E-state index in [2.05, 4.69) is 34.9 Å². The second-order valence-corrected chi connectivity index (χ2v) is 6.53. The van der Waals surface area contributed by atoms with Crippen LogP contribution in [0.3, 0.4) is 0 Å². The van der Waals surface area contributed by atoms with Gasteiger partial charge in [-0.3, -0.25) is 0 Å². The highest BCUT2D eigenvalue weighted by Gasteiger charge is 2.40. The highest BCUT2D eigenvalue weighted by Crippen LogP contribution is 2.45. The summed E-state index contributed by atoms with van der Waals surface area (Å²) in [6, 6.07) is 7.05. The van der Waals surface area contributed by atoms with Gasteiger partial charge in [-0.2, -0.15) is 0 Å². The molecular weight excluding hydrogens is 232 g/mol. The van der Waals surface area contributed by atoms with E-state index in [1.807, 2.05) is 0 Å². The van der Waals surface area contributed by atoms with Gasteiger partial charge in [0.25, 0.3) is 0 Å². The molecular formula is C17H24N2. The molecule has 2 nitrogen and oxygen atoms in total. The van der Waals surface area contributed by atoms with Gasteiger partial charge in [0, 0.05) is 37.8 Å². The molecule has 0 saturated carbocycles. The van der Waals surface area contributed by atoms with Crippen molar-refractivity contribution < 1.29 is 0 Å². The summed E-state index contributed by atoms with van der Waals surface area (Å²) in [4.78, 5) is 5.37. The summed E-state index contributed by atoms with van der Waals surface area (Å²) in [6.07, 6.45) is 3.91. The maximum Gasteiger partial charge on any atom is 0.0434 e.